The van der Waals surface area contributed by atoms with Crippen LogP contribution in [0.4, 0.5) is 5.69 Å². The van der Waals surface area contributed by atoms with Crippen molar-refractivity contribution in [2.75, 3.05) is 25.5 Å². The Balaban J connectivity index is 1.86. The normalized spacial score (nSPS) is 20.1. The first-order valence-electron chi connectivity index (χ1n) is 5.77. The van der Waals surface area contributed by atoms with Crippen LogP contribution in [0.2, 0.25) is 0 Å². The molecule has 17 heavy (non-hydrogen) atoms. The van der Waals surface area contributed by atoms with Crippen molar-refractivity contribution in [1.29, 1.82) is 0 Å². The summed E-state index contributed by atoms with van der Waals surface area (Å²) in [6, 6.07) is 1.85. The van der Waals surface area contributed by atoms with Gasteiger partial charge in [0.25, 0.3) is 0 Å². The summed E-state index contributed by atoms with van der Waals surface area (Å²) in [5.74, 6) is 0.160. The number of ether oxygens (including phenoxy) is 1. The van der Waals surface area contributed by atoms with E-state index >= 15 is 0 Å². The van der Waals surface area contributed by atoms with Gasteiger partial charge >= 0.3 is 0 Å². The maximum atomic E-state index is 11.9. The van der Waals surface area contributed by atoms with E-state index in [9.17, 15) is 4.79 Å². The Kier molecular flexibility index (Phi) is 4.06. The number of nitrogens with two attached hydrogens (primary N) is 1. The maximum absolute atomic E-state index is 11.9. The number of Topliss-reactive ketones (excluding diaryl/α,β-unsaturated/α-hetero) is 1. The molecule has 0 aromatic carbocycles. The highest BCUT2D eigenvalue weighted by atomic mass is 16.5. The van der Waals surface area contributed by atoms with Gasteiger partial charge in [0.05, 0.1) is 13.2 Å². The van der Waals surface area contributed by atoms with Crippen LogP contribution in [-0.2, 0) is 16.0 Å². The third kappa shape index (κ3) is 3.51. The zero-order valence-corrected chi connectivity index (χ0v) is 9.69. The molecule has 1 aliphatic heterocycles. The van der Waals surface area contributed by atoms with Crippen molar-refractivity contribution in [3.05, 3.63) is 24.0 Å². The highest BCUT2D eigenvalue weighted by Crippen LogP contribution is 2.11. The number of nitrogens with one attached hydrogen (secondary N) is 1. The van der Waals surface area contributed by atoms with E-state index < -0.39 is 0 Å². The molecule has 5 nitrogen and oxygen atoms in total. The Morgan fingerprint density at radius 2 is 2.53 bits per heavy atom. The first kappa shape index (κ1) is 12.0. The summed E-state index contributed by atoms with van der Waals surface area (Å²) in [6.45, 7) is 2.14. The number of hydrogen-bond acceptors (Lipinski definition) is 5. The molecule has 0 bridgehead atoms. The third-order valence-corrected chi connectivity index (χ3v) is 2.80. The largest absolute Gasteiger partial charge is 0.398 e. The Morgan fingerprint density at radius 3 is 3.24 bits per heavy atom. The van der Waals surface area contributed by atoms with Crippen molar-refractivity contribution in [2.45, 2.75) is 18.9 Å². The second-order valence-corrected chi connectivity index (χ2v) is 4.22. The van der Waals surface area contributed by atoms with E-state index in [0.29, 0.717) is 25.1 Å². The molecule has 2 heterocycles. The number of carbonyl (C=O) groups excluding carboxylic acids is 1. The number of aromatic nitrogens is 1. The van der Waals surface area contributed by atoms with Crippen LogP contribution in [-0.4, -0.2) is 36.6 Å². The van der Waals surface area contributed by atoms with E-state index in [-0.39, 0.29) is 11.8 Å². The van der Waals surface area contributed by atoms with Crippen LogP contribution in [0.15, 0.2) is 18.5 Å². The van der Waals surface area contributed by atoms with Crippen LogP contribution < -0.4 is 11.1 Å². The minimum Gasteiger partial charge on any atom is -0.398 e. The number of morpholine rings is 1. The molecule has 1 fully saturated rings. The first-order chi connectivity index (χ1) is 8.25. The molecule has 1 aliphatic rings. The number of nitrogens with zero attached hydrogens (tertiary/aromatic N) is 1. The number of ketones is 1. The van der Waals surface area contributed by atoms with Gasteiger partial charge in [-0.2, -0.15) is 0 Å². The molecule has 3 N–H and O–H groups in total. The molecule has 1 aromatic rings. The topological polar surface area (TPSA) is 77.2 Å². The number of nitrogen functional groups attached to an aromatic ring is 1. The standard InChI is InChI=1S/C12H17N3O2/c13-12-1-2-14-7-9(12)5-11(16)6-10-8-17-4-3-15-10/h1-2,7,10,15H,3-6,8H2,(H2,13,14). The molecule has 1 atom stereocenters. The molecule has 0 radical (unpaired) electrons. The molecule has 92 valence electrons. The smallest absolute Gasteiger partial charge is 0.139 e. The zero-order chi connectivity index (χ0) is 12.1. The number of hydrogen-bond donors (Lipinski definition) is 2. The fourth-order valence-electron chi connectivity index (χ4n) is 1.90. The number of carbonyl (C=O) groups is 1. The summed E-state index contributed by atoms with van der Waals surface area (Å²) >= 11 is 0. The predicted octanol–water partition coefficient (Wildman–Crippen LogP) is 0.154. The lowest BCUT2D eigenvalue weighted by molar-refractivity contribution is -0.119. The number of rotatable bonds is 4. The van der Waals surface area contributed by atoms with Crippen LogP contribution in [0.25, 0.3) is 0 Å². The fraction of sp³-hybridized carbons (Fsp3) is 0.500. The van der Waals surface area contributed by atoms with Gasteiger partial charge in [-0.3, -0.25) is 9.78 Å². The summed E-state index contributed by atoms with van der Waals surface area (Å²) in [7, 11) is 0. The molecule has 0 saturated carbocycles. The van der Waals surface area contributed by atoms with E-state index in [2.05, 4.69) is 10.3 Å². The van der Waals surface area contributed by atoms with Gasteiger partial charge in [-0.1, -0.05) is 0 Å². The van der Waals surface area contributed by atoms with Gasteiger partial charge in [0, 0.05) is 49.1 Å². The van der Waals surface area contributed by atoms with Gasteiger partial charge in [-0.05, 0) is 6.07 Å². The molecule has 0 aliphatic carbocycles. The van der Waals surface area contributed by atoms with E-state index in [1.807, 2.05) is 0 Å². The van der Waals surface area contributed by atoms with E-state index in [1.54, 1.807) is 18.5 Å². The van der Waals surface area contributed by atoms with E-state index in [4.69, 9.17) is 10.5 Å². The minimum atomic E-state index is 0.133. The highest BCUT2D eigenvalue weighted by molar-refractivity contribution is 5.82. The van der Waals surface area contributed by atoms with Crippen molar-refractivity contribution in [3.8, 4) is 0 Å². The molecule has 1 saturated heterocycles. The summed E-state index contributed by atoms with van der Waals surface area (Å²) in [5.41, 5.74) is 7.20. The molecular weight excluding hydrogens is 218 g/mol. The second-order valence-electron chi connectivity index (χ2n) is 4.22. The van der Waals surface area contributed by atoms with Crippen LogP contribution in [0.1, 0.15) is 12.0 Å². The Morgan fingerprint density at radius 1 is 1.65 bits per heavy atom. The van der Waals surface area contributed by atoms with Crippen molar-refractivity contribution >= 4 is 11.5 Å². The van der Waals surface area contributed by atoms with Crippen LogP contribution in [0.5, 0.6) is 0 Å². The maximum Gasteiger partial charge on any atom is 0.139 e. The lowest BCUT2D eigenvalue weighted by Gasteiger charge is -2.23. The zero-order valence-electron chi connectivity index (χ0n) is 9.69. The van der Waals surface area contributed by atoms with E-state index in [1.165, 1.54) is 0 Å². The summed E-state index contributed by atoms with van der Waals surface area (Å²) in [6.07, 6.45) is 4.10. The lowest BCUT2D eigenvalue weighted by atomic mass is 10.0. The van der Waals surface area contributed by atoms with Crippen molar-refractivity contribution in [3.63, 3.8) is 0 Å². The Hall–Kier alpha value is -1.46. The first-order valence-corrected chi connectivity index (χ1v) is 5.77. The fourth-order valence-corrected chi connectivity index (χ4v) is 1.90. The third-order valence-electron chi connectivity index (χ3n) is 2.80. The number of pyridine rings is 1. The summed E-state index contributed by atoms with van der Waals surface area (Å²) < 4.78 is 5.31. The van der Waals surface area contributed by atoms with Crippen molar-refractivity contribution in [2.24, 2.45) is 0 Å². The van der Waals surface area contributed by atoms with Gasteiger partial charge in [-0.25, -0.2) is 0 Å². The van der Waals surface area contributed by atoms with Gasteiger partial charge in [-0.15, -0.1) is 0 Å². The van der Waals surface area contributed by atoms with E-state index in [0.717, 1.165) is 18.7 Å². The minimum absolute atomic E-state index is 0.133. The van der Waals surface area contributed by atoms with Crippen LogP contribution >= 0.6 is 0 Å². The summed E-state index contributed by atoms with van der Waals surface area (Å²) in [4.78, 5) is 15.8. The molecule has 1 unspecified atom stereocenters. The lowest BCUT2D eigenvalue weighted by Crippen LogP contribution is -2.42. The SMILES string of the molecule is Nc1ccncc1CC(=O)CC1COCCN1. The second kappa shape index (κ2) is 5.75. The quantitative estimate of drug-likeness (QED) is 0.777. The average Bonchev–Trinajstić information content (AvgIpc) is 2.33. The van der Waals surface area contributed by atoms with Gasteiger partial charge in [0.15, 0.2) is 0 Å². The molecule has 0 spiro atoms. The van der Waals surface area contributed by atoms with Gasteiger partial charge in [0.1, 0.15) is 5.78 Å². The average molecular weight is 235 g/mol. The van der Waals surface area contributed by atoms with Crippen molar-refractivity contribution in [1.82, 2.24) is 10.3 Å². The van der Waals surface area contributed by atoms with Gasteiger partial charge < -0.3 is 15.8 Å². The summed E-state index contributed by atoms with van der Waals surface area (Å²) in [5, 5.41) is 3.26. The molecular formula is C12H17N3O2. The molecule has 5 heteroatoms. The van der Waals surface area contributed by atoms with Gasteiger partial charge in [0.2, 0.25) is 0 Å². The van der Waals surface area contributed by atoms with Crippen LogP contribution in [0.3, 0.4) is 0 Å². The molecule has 1 aromatic heterocycles. The Bertz CT molecular complexity index is 389. The van der Waals surface area contributed by atoms with Crippen molar-refractivity contribution < 1.29 is 9.53 Å². The van der Waals surface area contributed by atoms with Crippen LogP contribution in [0, 0.1) is 0 Å². The molecule has 2 rings (SSSR count). The highest BCUT2D eigenvalue weighted by Gasteiger charge is 2.17. The molecule has 0 amide bonds. The monoisotopic (exact) mass is 235 g/mol. The Labute approximate surface area is 100 Å². The number of anilines is 1. The predicted molar refractivity (Wildman–Crippen MR) is 64.6 cm³/mol.